The zero-order valence-corrected chi connectivity index (χ0v) is 16.4. The minimum absolute atomic E-state index is 0.239. The van der Waals surface area contributed by atoms with Gasteiger partial charge in [0.05, 0.1) is 12.4 Å². The molecule has 5 rings (SSSR count). The van der Waals surface area contributed by atoms with Gasteiger partial charge in [-0.15, -0.1) is 5.10 Å². The molecular formula is C22H32N4O. The lowest BCUT2D eigenvalue weighted by molar-refractivity contribution is -0.123. The molecule has 5 nitrogen and oxygen atoms in total. The Kier molecular flexibility index (Phi) is 4.36. The molecule has 0 aromatic carbocycles. The minimum Gasteiger partial charge on any atom is -0.356 e. The van der Waals surface area contributed by atoms with E-state index in [1.807, 2.05) is 10.9 Å². The van der Waals surface area contributed by atoms with Gasteiger partial charge in [0.25, 0.3) is 0 Å². The van der Waals surface area contributed by atoms with E-state index in [1.165, 1.54) is 57.1 Å². The predicted octanol–water partition coefficient (Wildman–Crippen LogP) is 3.89. The summed E-state index contributed by atoms with van der Waals surface area (Å²) in [6.07, 6.45) is 17.1. The molecule has 3 aliphatic carbocycles. The van der Waals surface area contributed by atoms with E-state index in [1.54, 1.807) is 6.20 Å². The van der Waals surface area contributed by atoms with Gasteiger partial charge < -0.3 is 5.32 Å². The summed E-state index contributed by atoms with van der Waals surface area (Å²) in [4.78, 5) is 12.0. The molecule has 1 amide bonds. The smallest absolute Gasteiger partial charge is 0.220 e. The lowest BCUT2D eigenvalue weighted by atomic mass is 9.54. The molecule has 1 N–H and O–H groups in total. The minimum atomic E-state index is 0.239. The van der Waals surface area contributed by atoms with Crippen LogP contribution < -0.4 is 5.32 Å². The van der Waals surface area contributed by atoms with Gasteiger partial charge in [0.15, 0.2) is 0 Å². The second-order valence-corrected chi connectivity index (χ2v) is 9.70. The first-order chi connectivity index (χ1) is 13.1. The summed E-state index contributed by atoms with van der Waals surface area (Å²) in [6.45, 7) is 3.36. The Morgan fingerprint density at radius 3 is 3.00 bits per heavy atom. The molecule has 2 heterocycles. The largest absolute Gasteiger partial charge is 0.356 e. The molecule has 1 aromatic heterocycles. The van der Waals surface area contributed by atoms with E-state index in [4.69, 9.17) is 0 Å². The highest BCUT2D eigenvalue weighted by atomic mass is 16.1. The maximum Gasteiger partial charge on any atom is 0.220 e. The number of hydrogen-bond acceptors (Lipinski definition) is 3. The van der Waals surface area contributed by atoms with Crippen molar-refractivity contribution in [1.82, 2.24) is 20.3 Å². The SMILES string of the molecule is C[C@]12CC[C@@H]3[C@@H]4CCNC(=O)C[C@H](CCC[C@@H]3[C@@H]1CC=C2n1ccnn1)C4. The van der Waals surface area contributed by atoms with E-state index < -0.39 is 0 Å². The zero-order chi connectivity index (χ0) is 18.4. The molecule has 2 bridgehead atoms. The first-order valence-electron chi connectivity index (χ1n) is 11.0. The predicted molar refractivity (Wildman–Crippen MR) is 104 cm³/mol. The first-order valence-corrected chi connectivity index (χ1v) is 11.0. The van der Waals surface area contributed by atoms with Gasteiger partial charge in [-0.25, -0.2) is 4.68 Å². The number of aromatic nitrogens is 3. The van der Waals surface area contributed by atoms with E-state index in [-0.39, 0.29) is 11.3 Å². The molecule has 3 fully saturated rings. The fourth-order valence-electron chi connectivity index (χ4n) is 7.17. The second-order valence-electron chi connectivity index (χ2n) is 9.70. The van der Waals surface area contributed by atoms with E-state index in [9.17, 15) is 4.79 Å². The van der Waals surface area contributed by atoms with Crippen molar-refractivity contribution >= 4 is 11.6 Å². The number of carbonyl (C=O) groups is 1. The summed E-state index contributed by atoms with van der Waals surface area (Å²) >= 11 is 0. The third kappa shape index (κ3) is 2.94. The Hall–Kier alpha value is -1.65. The quantitative estimate of drug-likeness (QED) is 0.818. The molecule has 146 valence electrons. The number of fused-ring (bicyclic) bond motifs is 6. The Morgan fingerprint density at radius 2 is 2.15 bits per heavy atom. The molecule has 6 atom stereocenters. The van der Waals surface area contributed by atoms with E-state index in [0.717, 1.165) is 36.6 Å². The van der Waals surface area contributed by atoms with E-state index >= 15 is 0 Å². The molecule has 0 unspecified atom stereocenters. The van der Waals surface area contributed by atoms with Crippen LogP contribution in [0.3, 0.4) is 0 Å². The summed E-state index contributed by atoms with van der Waals surface area (Å²) in [5.74, 6) is 4.08. The number of rotatable bonds is 1. The lowest BCUT2D eigenvalue weighted by Crippen LogP contribution is -2.45. The third-order valence-electron chi connectivity index (χ3n) is 8.40. The number of carbonyl (C=O) groups excluding carboxylic acids is 1. The van der Waals surface area contributed by atoms with Crippen molar-refractivity contribution in [3.63, 3.8) is 0 Å². The second kappa shape index (κ2) is 6.75. The summed E-state index contributed by atoms with van der Waals surface area (Å²) in [6, 6.07) is 0. The van der Waals surface area contributed by atoms with Gasteiger partial charge >= 0.3 is 0 Å². The van der Waals surface area contributed by atoms with Crippen molar-refractivity contribution in [3.05, 3.63) is 18.5 Å². The lowest BCUT2D eigenvalue weighted by Gasteiger charge is -2.51. The van der Waals surface area contributed by atoms with Gasteiger partial charge in [-0.1, -0.05) is 24.6 Å². The molecule has 0 radical (unpaired) electrons. The fraction of sp³-hybridized carbons (Fsp3) is 0.773. The van der Waals surface area contributed by atoms with E-state index in [0.29, 0.717) is 5.92 Å². The average Bonchev–Trinajstić information content (AvgIpc) is 3.24. The Bertz CT molecular complexity index is 727. The number of allylic oxidation sites excluding steroid dienone is 2. The monoisotopic (exact) mass is 368 g/mol. The number of amides is 1. The highest BCUT2D eigenvalue weighted by Crippen LogP contribution is 2.61. The van der Waals surface area contributed by atoms with Crippen LogP contribution in [-0.4, -0.2) is 27.4 Å². The molecule has 27 heavy (non-hydrogen) atoms. The molecule has 1 saturated heterocycles. The van der Waals surface area contributed by atoms with Gasteiger partial charge in [-0.2, -0.15) is 0 Å². The normalized spacial score (nSPS) is 41.9. The van der Waals surface area contributed by atoms with Gasteiger partial charge in [0.1, 0.15) is 0 Å². The molecule has 0 spiro atoms. The number of nitrogens with zero attached hydrogens (tertiary/aromatic N) is 3. The van der Waals surface area contributed by atoms with E-state index in [2.05, 4.69) is 28.6 Å². The van der Waals surface area contributed by atoms with Crippen molar-refractivity contribution in [2.75, 3.05) is 6.54 Å². The summed E-state index contributed by atoms with van der Waals surface area (Å²) in [5, 5.41) is 11.5. The Balaban J connectivity index is 1.41. The van der Waals surface area contributed by atoms with Crippen molar-refractivity contribution in [2.24, 2.45) is 35.0 Å². The first kappa shape index (κ1) is 17.4. The summed E-state index contributed by atoms with van der Waals surface area (Å²) < 4.78 is 2.02. The van der Waals surface area contributed by atoms with Crippen LogP contribution in [0.5, 0.6) is 0 Å². The van der Waals surface area contributed by atoms with Crippen LogP contribution in [0.1, 0.15) is 64.7 Å². The highest BCUT2D eigenvalue weighted by molar-refractivity contribution is 5.76. The molecule has 2 saturated carbocycles. The summed E-state index contributed by atoms with van der Waals surface area (Å²) in [5.41, 5.74) is 1.62. The van der Waals surface area contributed by atoms with Crippen molar-refractivity contribution in [1.29, 1.82) is 0 Å². The Morgan fingerprint density at radius 1 is 1.22 bits per heavy atom. The summed E-state index contributed by atoms with van der Waals surface area (Å²) in [7, 11) is 0. The molecule has 1 aliphatic heterocycles. The van der Waals surface area contributed by atoms with Crippen LogP contribution in [0, 0.1) is 35.0 Å². The fourth-order valence-corrected chi connectivity index (χ4v) is 7.17. The zero-order valence-electron chi connectivity index (χ0n) is 16.4. The van der Waals surface area contributed by atoms with Crippen molar-refractivity contribution in [3.8, 4) is 0 Å². The van der Waals surface area contributed by atoms with Gasteiger partial charge in [0.2, 0.25) is 5.91 Å². The third-order valence-corrected chi connectivity index (χ3v) is 8.40. The standard InChI is InChI=1S/C22H32N4O/c1-22-9-7-17-16-8-10-23-21(27)14-15(13-16)3-2-4-18(17)19(22)5-6-20(22)26-12-11-24-25-26/h6,11-12,15-19H,2-5,7-10,13-14H2,1H3,(H,23,27)/t15-,16-,17-,18+,19+,22+/m1/s1. The number of nitrogens with one attached hydrogen (secondary N) is 1. The maximum absolute atomic E-state index is 12.0. The van der Waals surface area contributed by atoms with Crippen LogP contribution in [-0.2, 0) is 4.79 Å². The molecule has 4 aliphatic rings. The van der Waals surface area contributed by atoms with Crippen LogP contribution in [0.4, 0.5) is 0 Å². The molecule has 5 heteroatoms. The van der Waals surface area contributed by atoms with Crippen LogP contribution in [0.2, 0.25) is 0 Å². The molecular weight excluding hydrogens is 336 g/mol. The molecule has 1 aromatic rings. The van der Waals surface area contributed by atoms with Crippen LogP contribution >= 0.6 is 0 Å². The highest BCUT2D eigenvalue weighted by Gasteiger charge is 2.52. The van der Waals surface area contributed by atoms with Crippen molar-refractivity contribution < 1.29 is 4.79 Å². The number of hydrogen-bond donors (Lipinski definition) is 1. The van der Waals surface area contributed by atoms with Gasteiger partial charge in [0, 0.05) is 24.1 Å². The topological polar surface area (TPSA) is 59.8 Å². The maximum atomic E-state index is 12.0. The Labute approximate surface area is 162 Å². The van der Waals surface area contributed by atoms with Gasteiger partial charge in [-0.05, 0) is 74.5 Å². The average molecular weight is 369 g/mol. The van der Waals surface area contributed by atoms with Crippen molar-refractivity contribution in [2.45, 2.75) is 64.7 Å². The van der Waals surface area contributed by atoms with Crippen LogP contribution in [0.25, 0.3) is 5.70 Å². The van der Waals surface area contributed by atoms with Gasteiger partial charge in [-0.3, -0.25) is 4.79 Å². The van der Waals surface area contributed by atoms with Crippen LogP contribution in [0.15, 0.2) is 18.5 Å².